The van der Waals surface area contributed by atoms with Gasteiger partial charge in [-0.3, -0.25) is 0 Å². The van der Waals surface area contributed by atoms with Crippen LogP contribution in [0.5, 0.6) is 5.75 Å². The van der Waals surface area contributed by atoms with E-state index >= 15 is 0 Å². The van der Waals surface area contributed by atoms with E-state index in [0.29, 0.717) is 16.3 Å². The summed E-state index contributed by atoms with van der Waals surface area (Å²) in [6.45, 7) is -0.147. The molecule has 0 radical (unpaired) electrons. The number of hydrogen-bond acceptors (Lipinski definition) is 4. The molecule has 0 saturated carbocycles. The number of nitrogens with two attached hydrogens (primary N) is 1. The smallest absolute Gasteiger partial charge is 0.340 e. The molecule has 0 bridgehead atoms. The van der Waals surface area contributed by atoms with Crippen molar-refractivity contribution in [2.24, 2.45) is 0 Å². The summed E-state index contributed by atoms with van der Waals surface area (Å²) in [4.78, 5) is 12.0. The predicted molar refractivity (Wildman–Crippen MR) is 77.9 cm³/mol. The van der Waals surface area contributed by atoms with E-state index in [2.05, 4.69) is 0 Å². The molecule has 4 nitrogen and oxygen atoms in total. The van der Waals surface area contributed by atoms with Crippen molar-refractivity contribution >= 4 is 23.3 Å². The summed E-state index contributed by atoms with van der Waals surface area (Å²) in [6, 6.07) is 8.63. The van der Waals surface area contributed by atoms with E-state index in [0.717, 1.165) is 0 Å². The van der Waals surface area contributed by atoms with Gasteiger partial charge in [0.05, 0.1) is 18.4 Å². The fraction of sp³-hybridized carbons (Fsp3) is 0.133. The number of hydrogen-bond donors (Lipinski definition) is 1. The molecular formula is C15H13ClFNO3. The molecule has 110 valence electrons. The number of ether oxygens (including phenoxy) is 2. The van der Waals surface area contributed by atoms with Crippen LogP contribution < -0.4 is 10.5 Å². The van der Waals surface area contributed by atoms with Crippen LogP contribution in [0.2, 0.25) is 5.02 Å². The number of halogens is 2. The quantitative estimate of drug-likeness (QED) is 0.694. The zero-order valence-electron chi connectivity index (χ0n) is 11.2. The van der Waals surface area contributed by atoms with E-state index < -0.39 is 11.8 Å². The SMILES string of the molecule is COc1cccc(C(=O)OCc2cc(F)ccc2Cl)c1N. The molecule has 0 aliphatic rings. The van der Waals surface area contributed by atoms with E-state index in [1.54, 1.807) is 12.1 Å². The van der Waals surface area contributed by atoms with E-state index in [9.17, 15) is 9.18 Å². The van der Waals surface area contributed by atoms with Crippen LogP contribution in [-0.4, -0.2) is 13.1 Å². The molecule has 0 saturated heterocycles. The molecule has 2 N–H and O–H groups in total. The number of rotatable bonds is 4. The van der Waals surface area contributed by atoms with Gasteiger partial charge in [0.25, 0.3) is 0 Å². The molecule has 0 unspecified atom stereocenters. The largest absolute Gasteiger partial charge is 0.495 e. The molecule has 21 heavy (non-hydrogen) atoms. The Bertz CT molecular complexity index is 676. The Labute approximate surface area is 126 Å². The van der Waals surface area contributed by atoms with Gasteiger partial charge in [0.15, 0.2) is 0 Å². The van der Waals surface area contributed by atoms with Crippen molar-refractivity contribution in [1.29, 1.82) is 0 Å². The predicted octanol–water partition coefficient (Wildman–Crippen LogP) is 3.43. The van der Waals surface area contributed by atoms with E-state index in [1.165, 1.54) is 31.4 Å². The van der Waals surface area contributed by atoms with Crippen molar-refractivity contribution in [3.05, 3.63) is 58.4 Å². The molecule has 0 spiro atoms. The van der Waals surface area contributed by atoms with Crippen molar-refractivity contribution in [2.45, 2.75) is 6.61 Å². The zero-order chi connectivity index (χ0) is 15.4. The maximum absolute atomic E-state index is 13.1. The number of para-hydroxylation sites is 1. The highest BCUT2D eigenvalue weighted by Crippen LogP contribution is 2.26. The van der Waals surface area contributed by atoms with Gasteiger partial charge in [-0.05, 0) is 30.3 Å². The van der Waals surface area contributed by atoms with Gasteiger partial charge < -0.3 is 15.2 Å². The highest BCUT2D eigenvalue weighted by molar-refractivity contribution is 6.31. The third-order valence-corrected chi connectivity index (χ3v) is 3.24. The van der Waals surface area contributed by atoms with Gasteiger partial charge in [0.1, 0.15) is 18.2 Å². The van der Waals surface area contributed by atoms with Crippen molar-refractivity contribution < 1.29 is 18.7 Å². The third kappa shape index (κ3) is 3.44. The summed E-state index contributed by atoms with van der Waals surface area (Å²) in [7, 11) is 1.45. The first-order valence-electron chi connectivity index (χ1n) is 6.06. The molecule has 0 heterocycles. The van der Waals surface area contributed by atoms with Gasteiger partial charge in [0, 0.05) is 10.6 Å². The van der Waals surface area contributed by atoms with Crippen LogP contribution in [0, 0.1) is 5.82 Å². The monoisotopic (exact) mass is 309 g/mol. The third-order valence-electron chi connectivity index (χ3n) is 2.87. The first kappa shape index (κ1) is 15.1. The van der Waals surface area contributed by atoms with Crippen LogP contribution in [0.15, 0.2) is 36.4 Å². The summed E-state index contributed by atoms with van der Waals surface area (Å²) in [6.07, 6.45) is 0. The summed E-state index contributed by atoms with van der Waals surface area (Å²) >= 11 is 5.90. The minimum Gasteiger partial charge on any atom is -0.495 e. The highest BCUT2D eigenvalue weighted by Gasteiger charge is 2.15. The van der Waals surface area contributed by atoms with Gasteiger partial charge in [-0.15, -0.1) is 0 Å². The van der Waals surface area contributed by atoms with Crippen molar-refractivity contribution in [3.8, 4) is 5.75 Å². The van der Waals surface area contributed by atoms with Crippen molar-refractivity contribution in [3.63, 3.8) is 0 Å². The van der Waals surface area contributed by atoms with Gasteiger partial charge in [-0.25, -0.2) is 9.18 Å². The summed E-state index contributed by atoms with van der Waals surface area (Å²) < 4.78 is 23.3. The lowest BCUT2D eigenvalue weighted by Gasteiger charge is -2.10. The molecule has 0 aliphatic carbocycles. The van der Waals surface area contributed by atoms with Crippen LogP contribution in [0.3, 0.4) is 0 Å². The van der Waals surface area contributed by atoms with Crippen LogP contribution in [0.1, 0.15) is 15.9 Å². The molecule has 0 amide bonds. The minimum absolute atomic E-state index is 0.147. The van der Waals surface area contributed by atoms with Crippen LogP contribution in [0.4, 0.5) is 10.1 Å². The van der Waals surface area contributed by atoms with Gasteiger partial charge in [0.2, 0.25) is 0 Å². The molecule has 2 aromatic carbocycles. The van der Waals surface area contributed by atoms with Crippen LogP contribution >= 0.6 is 11.6 Å². The van der Waals surface area contributed by atoms with Crippen molar-refractivity contribution in [1.82, 2.24) is 0 Å². The Kier molecular flexibility index (Phi) is 4.65. The number of esters is 1. The van der Waals surface area contributed by atoms with Crippen LogP contribution in [-0.2, 0) is 11.3 Å². The second kappa shape index (κ2) is 6.45. The fourth-order valence-corrected chi connectivity index (χ4v) is 1.95. The number of carbonyl (C=O) groups is 1. The van der Waals surface area contributed by atoms with E-state index in [-0.39, 0.29) is 17.9 Å². The Hall–Kier alpha value is -2.27. The van der Waals surface area contributed by atoms with Gasteiger partial charge in [-0.2, -0.15) is 0 Å². The average molecular weight is 310 g/mol. The average Bonchev–Trinajstić information content (AvgIpc) is 2.48. The maximum atomic E-state index is 13.1. The Morgan fingerprint density at radius 2 is 2.10 bits per heavy atom. The Balaban J connectivity index is 2.14. The topological polar surface area (TPSA) is 61.5 Å². The van der Waals surface area contributed by atoms with Crippen LogP contribution in [0.25, 0.3) is 0 Å². The second-order valence-corrected chi connectivity index (χ2v) is 4.64. The number of methoxy groups -OCH3 is 1. The second-order valence-electron chi connectivity index (χ2n) is 4.23. The number of nitrogen functional groups attached to an aromatic ring is 1. The van der Waals surface area contributed by atoms with Crippen molar-refractivity contribution in [2.75, 3.05) is 12.8 Å². The Morgan fingerprint density at radius 1 is 1.33 bits per heavy atom. The first-order valence-corrected chi connectivity index (χ1v) is 6.44. The minimum atomic E-state index is -0.633. The van der Waals surface area contributed by atoms with E-state index in [4.69, 9.17) is 26.8 Å². The zero-order valence-corrected chi connectivity index (χ0v) is 12.0. The number of benzene rings is 2. The molecule has 2 aromatic rings. The summed E-state index contributed by atoms with van der Waals surface area (Å²) in [5.74, 6) is -0.702. The Morgan fingerprint density at radius 3 is 2.81 bits per heavy atom. The first-order chi connectivity index (χ1) is 10.0. The standard InChI is InChI=1S/C15H13ClFNO3/c1-20-13-4-2-3-11(14(13)18)15(19)21-8-9-7-10(17)5-6-12(9)16/h2-7H,8,18H2,1H3. The lowest BCUT2D eigenvalue weighted by molar-refractivity contribution is 0.0473. The molecule has 2 rings (SSSR count). The molecule has 0 aliphatic heterocycles. The molecule has 0 atom stereocenters. The summed E-state index contributed by atoms with van der Waals surface area (Å²) in [5, 5.41) is 0.322. The number of anilines is 1. The highest BCUT2D eigenvalue weighted by atomic mass is 35.5. The summed E-state index contributed by atoms with van der Waals surface area (Å²) in [5.41, 5.74) is 6.56. The fourth-order valence-electron chi connectivity index (χ4n) is 1.77. The molecular weight excluding hydrogens is 297 g/mol. The molecule has 6 heteroatoms. The number of carbonyl (C=O) groups excluding carboxylic acids is 1. The lowest BCUT2D eigenvalue weighted by Crippen LogP contribution is -2.09. The maximum Gasteiger partial charge on any atom is 0.340 e. The molecule has 0 fully saturated rings. The normalized spacial score (nSPS) is 10.2. The van der Waals surface area contributed by atoms with Gasteiger partial charge in [-0.1, -0.05) is 17.7 Å². The van der Waals surface area contributed by atoms with E-state index in [1.807, 2.05) is 0 Å². The lowest BCUT2D eigenvalue weighted by atomic mass is 10.1. The molecule has 0 aromatic heterocycles. The van der Waals surface area contributed by atoms with Gasteiger partial charge >= 0.3 is 5.97 Å².